The summed E-state index contributed by atoms with van der Waals surface area (Å²) in [5.41, 5.74) is 5.38. The molecular weight excluding hydrogens is 230 g/mol. The Morgan fingerprint density at radius 2 is 2.23 bits per heavy atom. The van der Waals surface area contributed by atoms with E-state index in [1.54, 1.807) is 0 Å². The maximum absolute atomic E-state index is 5.38. The first-order valence-corrected chi connectivity index (χ1v) is 5.19. The van der Waals surface area contributed by atoms with Gasteiger partial charge in [-0.15, -0.1) is 0 Å². The Morgan fingerprint density at radius 1 is 1.38 bits per heavy atom. The second-order valence-corrected chi connectivity index (χ2v) is 3.58. The summed E-state index contributed by atoms with van der Waals surface area (Å²) in [4.78, 5) is 4.25. The zero-order chi connectivity index (χ0) is 9.52. The summed E-state index contributed by atoms with van der Waals surface area (Å²) in [6.07, 6.45) is 2.14. The fourth-order valence-electron chi connectivity index (χ4n) is 0.993. The number of pyridine rings is 1. The average molecular weight is 244 g/mol. The van der Waals surface area contributed by atoms with Crippen molar-refractivity contribution in [3.63, 3.8) is 0 Å². The van der Waals surface area contributed by atoms with Crippen molar-refractivity contribution in [1.82, 2.24) is 4.98 Å². The Hall–Kier alpha value is -0.610. The third-order valence-electron chi connectivity index (χ3n) is 1.65. The van der Waals surface area contributed by atoms with E-state index >= 15 is 0 Å². The molecule has 1 aromatic rings. The van der Waals surface area contributed by atoms with Gasteiger partial charge in [0, 0.05) is 6.54 Å². The molecule has 0 aromatic carbocycles. The molecule has 0 fully saturated rings. The van der Waals surface area contributed by atoms with Crippen molar-refractivity contribution in [1.29, 1.82) is 0 Å². The Labute approximate surface area is 86.9 Å². The Bertz CT molecular complexity index is 252. The standard InChI is InChI=1S/C9H14BrN3/c10-8-4-3-5-9(13-8)12-7-2-1-6-11/h3-5H,1-2,6-7,11H2,(H,12,13). The minimum atomic E-state index is 0.758. The summed E-state index contributed by atoms with van der Waals surface area (Å²) < 4.78 is 0.858. The lowest BCUT2D eigenvalue weighted by Gasteiger charge is -2.04. The van der Waals surface area contributed by atoms with Gasteiger partial charge in [0.15, 0.2) is 0 Å². The van der Waals surface area contributed by atoms with Gasteiger partial charge in [-0.05, 0) is 47.4 Å². The quantitative estimate of drug-likeness (QED) is 0.615. The van der Waals surface area contributed by atoms with E-state index in [2.05, 4.69) is 26.2 Å². The molecule has 72 valence electrons. The van der Waals surface area contributed by atoms with E-state index in [-0.39, 0.29) is 0 Å². The highest BCUT2D eigenvalue weighted by Crippen LogP contribution is 2.09. The van der Waals surface area contributed by atoms with E-state index in [0.717, 1.165) is 36.4 Å². The lowest BCUT2D eigenvalue weighted by molar-refractivity contribution is 0.772. The molecule has 3 nitrogen and oxygen atoms in total. The van der Waals surface area contributed by atoms with Crippen LogP contribution in [0.4, 0.5) is 5.82 Å². The van der Waals surface area contributed by atoms with Crippen LogP contribution in [0.25, 0.3) is 0 Å². The van der Waals surface area contributed by atoms with Gasteiger partial charge in [-0.25, -0.2) is 4.98 Å². The number of hydrogen-bond donors (Lipinski definition) is 2. The first-order valence-electron chi connectivity index (χ1n) is 4.39. The Kier molecular flexibility index (Phi) is 4.78. The van der Waals surface area contributed by atoms with Crippen LogP contribution < -0.4 is 11.1 Å². The van der Waals surface area contributed by atoms with Crippen molar-refractivity contribution in [2.75, 3.05) is 18.4 Å². The molecule has 0 amide bonds. The van der Waals surface area contributed by atoms with Gasteiger partial charge >= 0.3 is 0 Å². The third-order valence-corrected chi connectivity index (χ3v) is 2.09. The number of nitrogens with two attached hydrogens (primary N) is 1. The molecule has 0 spiro atoms. The molecule has 0 aliphatic carbocycles. The molecule has 0 atom stereocenters. The number of unbranched alkanes of at least 4 members (excludes halogenated alkanes) is 1. The highest BCUT2D eigenvalue weighted by molar-refractivity contribution is 9.10. The molecule has 1 heterocycles. The van der Waals surface area contributed by atoms with Crippen molar-refractivity contribution < 1.29 is 0 Å². The zero-order valence-corrected chi connectivity index (χ0v) is 9.05. The van der Waals surface area contributed by atoms with E-state index in [9.17, 15) is 0 Å². The molecular formula is C9H14BrN3. The van der Waals surface area contributed by atoms with Gasteiger partial charge in [0.1, 0.15) is 10.4 Å². The summed E-state index contributed by atoms with van der Waals surface area (Å²) >= 11 is 3.31. The van der Waals surface area contributed by atoms with Gasteiger partial charge in [-0.3, -0.25) is 0 Å². The first-order chi connectivity index (χ1) is 6.33. The molecule has 4 heteroatoms. The molecule has 1 rings (SSSR count). The van der Waals surface area contributed by atoms with Crippen molar-refractivity contribution in [3.8, 4) is 0 Å². The smallest absolute Gasteiger partial charge is 0.127 e. The van der Waals surface area contributed by atoms with E-state index < -0.39 is 0 Å². The number of anilines is 1. The van der Waals surface area contributed by atoms with Crippen molar-refractivity contribution >= 4 is 21.7 Å². The minimum absolute atomic E-state index is 0.758. The first kappa shape index (κ1) is 10.5. The maximum atomic E-state index is 5.38. The molecule has 0 aliphatic heterocycles. The second kappa shape index (κ2) is 5.94. The van der Waals surface area contributed by atoms with Crippen LogP contribution in [0.5, 0.6) is 0 Å². The molecule has 3 N–H and O–H groups in total. The van der Waals surface area contributed by atoms with Gasteiger partial charge in [0.05, 0.1) is 0 Å². The third kappa shape index (κ3) is 4.24. The van der Waals surface area contributed by atoms with Crippen molar-refractivity contribution in [3.05, 3.63) is 22.8 Å². The number of aromatic nitrogens is 1. The van der Waals surface area contributed by atoms with Crippen LogP contribution in [-0.2, 0) is 0 Å². The van der Waals surface area contributed by atoms with E-state index in [0.29, 0.717) is 0 Å². The highest BCUT2D eigenvalue weighted by atomic mass is 79.9. The SMILES string of the molecule is NCCCCNc1cccc(Br)n1. The van der Waals surface area contributed by atoms with Crippen LogP contribution >= 0.6 is 15.9 Å². The molecule has 1 aromatic heterocycles. The number of hydrogen-bond acceptors (Lipinski definition) is 3. The predicted octanol–water partition coefficient (Wildman–Crippen LogP) is 1.99. The fourth-order valence-corrected chi connectivity index (χ4v) is 1.34. The van der Waals surface area contributed by atoms with Gasteiger partial charge < -0.3 is 11.1 Å². The van der Waals surface area contributed by atoms with Crippen LogP contribution in [-0.4, -0.2) is 18.1 Å². The lowest BCUT2D eigenvalue weighted by Crippen LogP contribution is -2.06. The molecule has 0 bridgehead atoms. The topological polar surface area (TPSA) is 50.9 Å². The van der Waals surface area contributed by atoms with Crippen LogP contribution in [0.1, 0.15) is 12.8 Å². The predicted molar refractivity (Wildman–Crippen MR) is 58.7 cm³/mol. The molecule has 0 saturated heterocycles. The van der Waals surface area contributed by atoms with Crippen LogP contribution in [0, 0.1) is 0 Å². The number of rotatable bonds is 5. The molecule has 0 radical (unpaired) electrons. The number of nitrogens with zero attached hydrogens (tertiary/aromatic N) is 1. The fraction of sp³-hybridized carbons (Fsp3) is 0.444. The van der Waals surface area contributed by atoms with Gasteiger partial charge in [-0.1, -0.05) is 6.07 Å². The van der Waals surface area contributed by atoms with Gasteiger partial charge in [-0.2, -0.15) is 0 Å². The zero-order valence-electron chi connectivity index (χ0n) is 7.46. The van der Waals surface area contributed by atoms with Gasteiger partial charge in [0.2, 0.25) is 0 Å². The van der Waals surface area contributed by atoms with E-state index in [1.807, 2.05) is 18.2 Å². The Balaban J connectivity index is 2.28. The second-order valence-electron chi connectivity index (χ2n) is 2.77. The normalized spacial score (nSPS) is 10.0. The van der Waals surface area contributed by atoms with Gasteiger partial charge in [0.25, 0.3) is 0 Å². The average Bonchev–Trinajstić information content (AvgIpc) is 2.13. The number of halogens is 1. The number of nitrogens with one attached hydrogen (secondary N) is 1. The minimum Gasteiger partial charge on any atom is -0.370 e. The maximum Gasteiger partial charge on any atom is 0.127 e. The van der Waals surface area contributed by atoms with E-state index in [1.165, 1.54) is 0 Å². The van der Waals surface area contributed by atoms with Crippen LogP contribution in [0.2, 0.25) is 0 Å². The van der Waals surface area contributed by atoms with Crippen LogP contribution in [0.15, 0.2) is 22.8 Å². The summed E-state index contributed by atoms with van der Waals surface area (Å²) in [5.74, 6) is 0.909. The lowest BCUT2D eigenvalue weighted by atomic mass is 10.3. The molecule has 0 aliphatic rings. The molecule has 13 heavy (non-hydrogen) atoms. The summed E-state index contributed by atoms with van der Waals surface area (Å²) in [5, 5.41) is 3.22. The Morgan fingerprint density at radius 3 is 2.92 bits per heavy atom. The molecule has 0 unspecified atom stereocenters. The largest absolute Gasteiger partial charge is 0.370 e. The summed E-state index contributed by atoms with van der Waals surface area (Å²) in [7, 11) is 0. The molecule has 0 saturated carbocycles. The van der Waals surface area contributed by atoms with Crippen molar-refractivity contribution in [2.45, 2.75) is 12.8 Å². The van der Waals surface area contributed by atoms with Crippen molar-refractivity contribution in [2.24, 2.45) is 5.73 Å². The van der Waals surface area contributed by atoms with Crippen LogP contribution in [0.3, 0.4) is 0 Å². The summed E-state index contributed by atoms with van der Waals surface area (Å²) in [6.45, 7) is 1.69. The van der Waals surface area contributed by atoms with E-state index in [4.69, 9.17) is 5.73 Å². The summed E-state index contributed by atoms with van der Waals surface area (Å²) in [6, 6.07) is 5.82. The monoisotopic (exact) mass is 243 g/mol. The highest BCUT2D eigenvalue weighted by Gasteiger charge is 1.93.